The Bertz CT molecular complexity index is 213. The lowest BCUT2D eigenvalue weighted by atomic mass is 10.0. The Morgan fingerprint density at radius 2 is 1.26 bits per heavy atom. The molecular formula is C15H31NO3. The first kappa shape index (κ1) is 16.9. The van der Waals surface area contributed by atoms with Gasteiger partial charge in [0.2, 0.25) is 0 Å². The minimum Gasteiger partial charge on any atom is -0.389 e. The highest BCUT2D eigenvalue weighted by atomic mass is 16.4. The zero-order valence-corrected chi connectivity index (χ0v) is 12.3. The van der Waals surface area contributed by atoms with Crippen LogP contribution in [0.4, 0.5) is 0 Å². The zero-order valence-electron chi connectivity index (χ0n) is 12.3. The molecule has 0 spiro atoms. The van der Waals surface area contributed by atoms with Gasteiger partial charge in [-0.3, -0.25) is 4.90 Å². The van der Waals surface area contributed by atoms with Crippen molar-refractivity contribution >= 4 is 0 Å². The van der Waals surface area contributed by atoms with E-state index >= 15 is 0 Å². The van der Waals surface area contributed by atoms with Crippen molar-refractivity contribution in [2.45, 2.75) is 76.6 Å². The van der Waals surface area contributed by atoms with Gasteiger partial charge in [-0.2, -0.15) is 0 Å². The van der Waals surface area contributed by atoms with Crippen molar-refractivity contribution in [3.05, 3.63) is 0 Å². The van der Waals surface area contributed by atoms with Crippen LogP contribution in [0.25, 0.3) is 0 Å². The van der Waals surface area contributed by atoms with E-state index in [1.165, 1.54) is 44.9 Å². The van der Waals surface area contributed by atoms with Gasteiger partial charge in [-0.05, 0) is 13.0 Å². The van der Waals surface area contributed by atoms with Gasteiger partial charge in [0.15, 0.2) is 0 Å². The van der Waals surface area contributed by atoms with Crippen molar-refractivity contribution in [3.8, 4) is 0 Å². The maximum atomic E-state index is 9.59. The Labute approximate surface area is 117 Å². The lowest BCUT2D eigenvalue weighted by Crippen LogP contribution is -2.55. The SMILES string of the molecule is CCCCCCCCCCN1C[C@H](O)C(O)[C@@H](O)C1. The zero-order chi connectivity index (χ0) is 14.1. The number of β-amino-alcohol motifs (C(OH)–C–C–N with tert-alkyl or cyclic N) is 2. The topological polar surface area (TPSA) is 63.9 Å². The third-order valence-corrected chi connectivity index (χ3v) is 4.01. The standard InChI is InChI=1S/C15H31NO3/c1-2-3-4-5-6-7-8-9-10-16-11-13(17)15(19)14(18)12-16/h13-15,17-19H,2-12H2,1H3/t13-,14-/m0/s1. The molecule has 0 amide bonds. The molecule has 1 fully saturated rings. The summed E-state index contributed by atoms with van der Waals surface area (Å²) in [6.07, 6.45) is 7.71. The van der Waals surface area contributed by atoms with Crippen LogP contribution >= 0.6 is 0 Å². The van der Waals surface area contributed by atoms with Gasteiger partial charge >= 0.3 is 0 Å². The Morgan fingerprint density at radius 3 is 1.79 bits per heavy atom. The van der Waals surface area contributed by atoms with E-state index in [1.807, 2.05) is 0 Å². The summed E-state index contributed by atoms with van der Waals surface area (Å²) in [6.45, 7) is 4.11. The summed E-state index contributed by atoms with van der Waals surface area (Å²) in [5, 5.41) is 28.6. The van der Waals surface area contributed by atoms with E-state index in [0.29, 0.717) is 13.1 Å². The summed E-state index contributed by atoms with van der Waals surface area (Å²) < 4.78 is 0. The van der Waals surface area contributed by atoms with Gasteiger partial charge in [0, 0.05) is 13.1 Å². The van der Waals surface area contributed by atoms with E-state index in [1.54, 1.807) is 0 Å². The number of hydrogen-bond acceptors (Lipinski definition) is 4. The predicted octanol–water partition coefficient (Wildman–Crippen LogP) is 1.53. The van der Waals surface area contributed by atoms with Crippen LogP contribution in [0.1, 0.15) is 58.3 Å². The molecule has 1 heterocycles. The molecular weight excluding hydrogens is 242 g/mol. The van der Waals surface area contributed by atoms with Crippen LogP contribution in [0, 0.1) is 0 Å². The summed E-state index contributed by atoms with van der Waals surface area (Å²) in [5.41, 5.74) is 0. The fourth-order valence-electron chi connectivity index (χ4n) is 2.73. The van der Waals surface area contributed by atoms with Gasteiger partial charge in [0.25, 0.3) is 0 Å². The van der Waals surface area contributed by atoms with Crippen molar-refractivity contribution in [3.63, 3.8) is 0 Å². The highest BCUT2D eigenvalue weighted by Crippen LogP contribution is 2.14. The molecule has 1 aliphatic heterocycles. The van der Waals surface area contributed by atoms with Crippen LogP contribution in [0.2, 0.25) is 0 Å². The molecule has 0 radical (unpaired) electrons. The second-order valence-electron chi connectivity index (χ2n) is 5.86. The van der Waals surface area contributed by atoms with Gasteiger partial charge in [0.05, 0.1) is 12.2 Å². The van der Waals surface area contributed by atoms with E-state index in [-0.39, 0.29) is 0 Å². The summed E-state index contributed by atoms with van der Waals surface area (Å²) in [5.74, 6) is 0. The normalized spacial score (nSPS) is 25.9. The highest BCUT2D eigenvalue weighted by molar-refractivity contribution is 4.86. The van der Waals surface area contributed by atoms with E-state index < -0.39 is 18.3 Å². The van der Waals surface area contributed by atoms with Crippen molar-refractivity contribution in [2.75, 3.05) is 19.6 Å². The number of aliphatic hydroxyl groups is 3. The molecule has 0 unspecified atom stereocenters. The molecule has 4 nitrogen and oxygen atoms in total. The molecule has 0 aromatic heterocycles. The number of piperidine rings is 1. The van der Waals surface area contributed by atoms with E-state index in [9.17, 15) is 15.3 Å². The molecule has 0 bridgehead atoms. The molecule has 0 aliphatic carbocycles. The van der Waals surface area contributed by atoms with Crippen LogP contribution < -0.4 is 0 Å². The fraction of sp³-hybridized carbons (Fsp3) is 1.00. The molecule has 0 saturated carbocycles. The second-order valence-corrected chi connectivity index (χ2v) is 5.86. The summed E-state index contributed by atoms with van der Waals surface area (Å²) in [7, 11) is 0. The summed E-state index contributed by atoms with van der Waals surface area (Å²) in [4.78, 5) is 2.05. The van der Waals surface area contributed by atoms with Gasteiger partial charge in [-0.1, -0.05) is 51.9 Å². The average molecular weight is 273 g/mol. The maximum Gasteiger partial charge on any atom is 0.108 e. The van der Waals surface area contributed by atoms with Crippen molar-refractivity contribution < 1.29 is 15.3 Å². The highest BCUT2D eigenvalue weighted by Gasteiger charge is 2.32. The first-order chi connectivity index (χ1) is 9.15. The third-order valence-electron chi connectivity index (χ3n) is 4.01. The number of rotatable bonds is 9. The molecule has 114 valence electrons. The van der Waals surface area contributed by atoms with Gasteiger partial charge in [-0.15, -0.1) is 0 Å². The molecule has 4 heteroatoms. The van der Waals surface area contributed by atoms with Crippen LogP contribution in [-0.4, -0.2) is 58.2 Å². The van der Waals surface area contributed by atoms with Crippen molar-refractivity contribution in [1.82, 2.24) is 4.90 Å². The summed E-state index contributed by atoms with van der Waals surface area (Å²) >= 11 is 0. The first-order valence-electron chi connectivity index (χ1n) is 7.91. The Balaban J connectivity index is 1.98. The van der Waals surface area contributed by atoms with Crippen molar-refractivity contribution in [1.29, 1.82) is 0 Å². The maximum absolute atomic E-state index is 9.59. The van der Waals surface area contributed by atoms with Gasteiger partial charge in [0.1, 0.15) is 6.10 Å². The smallest absolute Gasteiger partial charge is 0.108 e. The number of unbranched alkanes of at least 4 members (excludes halogenated alkanes) is 7. The largest absolute Gasteiger partial charge is 0.389 e. The molecule has 0 aromatic carbocycles. The first-order valence-corrected chi connectivity index (χ1v) is 7.91. The molecule has 19 heavy (non-hydrogen) atoms. The van der Waals surface area contributed by atoms with E-state index in [4.69, 9.17) is 0 Å². The Morgan fingerprint density at radius 1 is 0.789 bits per heavy atom. The summed E-state index contributed by atoms with van der Waals surface area (Å²) in [6, 6.07) is 0. The molecule has 1 saturated heterocycles. The number of hydrogen-bond donors (Lipinski definition) is 3. The van der Waals surface area contributed by atoms with Crippen LogP contribution in [0.5, 0.6) is 0 Å². The van der Waals surface area contributed by atoms with Gasteiger partial charge in [-0.25, -0.2) is 0 Å². The minimum atomic E-state index is -0.977. The lowest BCUT2D eigenvalue weighted by Gasteiger charge is -2.36. The van der Waals surface area contributed by atoms with Crippen LogP contribution in [-0.2, 0) is 0 Å². The molecule has 0 aromatic rings. The second kappa shape index (κ2) is 9.70. The monoisotopic (exact) mass is 273 g/mol. The Hall–Kier alpha value is -0.160. The number of likely N-dealkylation sites (tertiary alicyclic amines) is 1. The third kappa shape index (κ3) is 6.70. The Kier molecular flexibility index (Phi) is 8.62. The van der Waals surface area contributed by atoms with Crippen LogP contribution in [0.15, 0.2) is 0 Å². The number of nitrogens with zero attached hydrogens (tertiary/aromatic N) is 1. The quantitative estimate of drug-likeness (QED) is 0.557. The van der Waals surface area contributed by atoms with Gasteiger partial charge < -0.3 is 15.3 Å². The number of aliphatic hydroxyl groups excluding tert-OH is 3. The van der Waals surface area contributed by atoms with Crippen molar-refractivity contribution in [2.24, 2.45) is 0 Å². The molecule has 1 rings (SSSR count). The molecule has 1 aliphatic rings. The predicted molar refractivity (Wildman–Crippen MR) is 77.1 cm³/mol. The lowest BCUT2D eigenvalue weighted by molar-refractivity contribution is -0.109. The fourth-order valence-corrected chi connectivity index (χ4v) is 2.73. The molecule has 2 atom stereocenters. The molecule has 3 N–H and O–H groups in total. The van der Waals surface area contributed by atoms with E-state index in [0.717, 1.165) is 13.0 Å². The van der Waals surface area contributed by atoms with E-state index in [2.05, 4.69) is 11.8 Å². The van der Waals surface area contributed by atoms with Crippen LogP contribution in [0.3, 0.4) is 0 Å². The average Bonchev–Trinajstić information content (AvgIpc) is 2.39. The minimum absolute atomic E-state index is 0.481.